The quantitative estimate of drug-likeness (QED) is 0.779. The van der Waals surface area contributed by atoms with E-state index in [0.29, 0.717) is 24.8 Å². The van der Waals surface area contributed by atoms with Gasteiger partial charge >= 0.3 is 0 Å². The van der Waals surface area contributed by atoms with Crippen molar-refractivity contribution in [1.29, 1.82) is 0 Å². The Morgan fingerprint density at radius 2 is 2.22 bits per heavy atom. The van der Waals surface area contributed by atoms with E-state index in [1.807, 2.05) is 34.8 Å². The third-order valence-electron chi connectivity index (χ3n) is 3.27. The summed E-state index contributed by atoms with van der Waals surface area (Å²) in [6.07, 6.45) is 3.69. The highest BCUT2D eigenvalue weighted by Crippen LogP contribution is 2.22. The van der Waals surface area contributed by atoms with Crippen LogP contribution in [-0.2, 0) is 7.05 Å². The van der Waals surface area contributed by atoms with Crippen LogP contribution in [0.5, 0.6) is 0 Å². The van der Waals surface area contributed by atoms with Gasteiger partial charge in [-0.15, -0.1) is 0 Å². The standard InChI is InChI=1S/C12H15N5O/c1-9-6-11(15(2)14-9)12(18)16-7-10(8-16)17-5-3-4-13-17/h3-6,10H,7-8H2,1-2H3. The number of hydrogen-bond donors (Lipinski definition) is 0. The molecule has 0 spiro atoms. The third kappa shape index (κ3) is 1.70. The van der Waals surface area contributed by atoms with Gasteiger partial charge in [0, 0.05) is 32.5 Å². The molecule has 1 amide bonds. The third-order valence-corrected chi connectivity index (χ3v) is 3.27. The number of aromatic nitrogens is 4. The van der Waals surface area contributed by atoms with Crippen molar-refractivity contribution in [3.8, 4) is 0 Å². The maximum absolute atomic E-state index is 12.2. The number of rotatable bonds is 2. The van der Waals surface area contributed by atoms with Gasteiger partial charge in [0.1, 0.15) is 5.69 Å². The Labute approximate surface area is 105 Å². The predicted octanol–water partition coefficient (Wildman–Crippen LogP) is 0.622. The number of carbonyl (C=O) groups is 1. The summed E-state index contributed by atoms with van der Waals surface area (Å²) in [5.74, 6) is 0.0431. The summed E-state index contributed by atoms with van der Waals surface area (Å²) >= 11 is 0. The molecule has 2 aromatic heterocycles. The van der Waals surface area contributed by atoms with Crippen LogP contribution in [0.25, 0.3) is 0 Å². The number of nitrogens with zero attached hydrogens (tertiary/aromatic N) is 5. The molecule has 1 aliphatic rings. The molecule has 0 aromatic carbocycles. The van der Waals surface area contributed by atoms with Crippen LogP contribution in [0, 0.1) is 6.92 Å². The van der Waals surface area contributed by atoms with Crippen LogP contribution in [0.2, 0.25) is 0 Å². The van der Waals surface area contributed by atoms with Crippen LogP contribution < -0.4 is 0 Å². The van der Waals surface area contributed by atoms with Gasteiger partial charge in [-0.05, 0) is 19.1 Å². The largest absolute Gasteiger partial charge is 0.333 e. The number of likely N-dealkylation sites (tertiary alicyclic amines) is 1. The fourth-order valence-electron chi connectivity index (χ4n) is 2.26. The molecule has 6 nitrogen and oxygen atoms in total. The van der Waals surface area contributed by atoms with Crippen molar-refractivity contribution >= 4 is 5.91 Å². The highest BCUT2D eigenvalue weighted by molar-refractivity contribution is 5.93. The zero-order valence-electron chi connectivity index (χ0n) is 10.4. The van der Waals surface area contributed by atoms with E-state index in [-0.39, 0.29) is 5.91 Å². The van der Waals surface area contributed by atoms with Crippen molar-refractivity contribution < 1.29 is 4.79 Å². The highest BCUT2D eigenvalue weighted by Gasteiger charge is 2.33. The van der Waals surface area contributed by atoms with Crippen LogP contribution in [0.1, 0.15) is 22.2 Å². The maximum Gasteiger partial charge on any atom is 0.272 e. The minimum atomic E-state index is 0.0431. The summed E-state index contributed by atoms with van der Waals surface area (Å²) in [5.41, 5.74) is 1.51. The van der Waals surface area contributed by atoms with Crippen LogP contribution in [-0.4, -0.2) is 43.5 Å². The van der Waals surface area contributed by atoms with E-state index in [1.54, 1.807) is 17.9 Å². The molecule has 2 aromatic rings. The topological polar surface area (TPSA) is 56.0 Å². The Bertz CT molecular complexity index is 565. The van der Waals surface area contributed by atoms with E-state index in [9.17, 15) is 4.79 Å². The first-order valence-electron chi connectivity index (χ1n) is 5.94. The fourth-order valence-corrected chi connectivity index (χ4v) is 2.26. The molecule has 0 bridgehead atoms. The minimum absolute atomic E-state index is 0.0431. The lowest BCUT2D eigenvalue weighted by atomic mass is 10.1. The van der Waals surface area contributed by atoms with E-state index in [1.165, 1.54) is 0 Å². The molecule has 6 heteroatoms. The molecule has 3 rings (SSSR count). The van der Waals surface area contributed by atoms with Gasteiger partial charge in [-0.25, -0.2) is 0 Å². The SMILES string of the molecule is Cc1cc(C(=O)N2CC(n3cccn3)C2)n(C)n1. The first-order valence-corrected chi connectivity index (χ1v) is 5.94. The first kappa shape index (κ1) is 11.0. The summed E-state index contributed by atoms with van der Waals surface area (Å²) in [6, 6.07) is 4.02. The van der Waals surface area contributed by atoms with Crippen molar-refractivity contribution in [1.82, 2.24) is 24.5 Å². The van der Waals surface area contributed by atoms with E-state index in [0.717, 1.165) is 5.69 Å². The summed E-state index contributed by atoms with van der Waals surface area (Å²) in [4.78, 5) is 14.0. The van der Waals surface area contributed by atoms with Gasteiger partial charge in [0.05, 0.1) is 11.7 Å². The molecular formula is C12H15N5O. The Morgan fingerprint density at radius 3 is 2.78 bits per heavy atom. The van der Waals surface area contributed by atoms with Crippen LogP contribution in [0.4, 0.5) is 0 Å². The first-order chi connectivity index (χ1) is 8.65. The minimum Gasteiger partial charge on any atom is -0.333 e. The molecule has 0 atom stereocenters. The Morgan fingerprint density at radius 1 is 1.44 bits per heavy atom. The van der Waals surface area contributed by atoms with Gasteiger partial charge in [-0.3, -0.25) is 14.2 Å². The van der Waals surface area contributed by atoms with Crippen LogP contribution >= 0.6 is 0 Å². The van der Waals surface area contributed by atoms with E-state index in [2.05, 4.69) is 10.2 Å². The average molecular weight is 245 g/mol. The zero-order chi connectivity index (χ0) is 12.7. The number of hydrogen-bond acceptors (Lipinski definition) is 3. The molecule has 1 fully saturated rings. The summed E-state index contributed by atoms with van der Waals surface area (Å²) in [7, 11) is 1.80. The van der Waals surface area contributed by atoms with Gasteiger partial charge in [-0.2, -0.15) is 10.2 Å². The van der Waals surface area contributed by atoms with Gasteiger partial charge in [0.2, 0.25) is 0 Å². The highest BCUT2D eigenvalue weighted by atomic mass is 16.2. The lowest BCUT2D eigenvalue weighted by Crippen LogP contribution is -2.51. The molecule has 0 saturated carbocycles. The zero-order valence-corrected chi connectivity index (χ0v) is 10.4. The van der Waals surface area contributed by atoms with Crippen molar-refractivity contribution in [3.05, 3.63) is 35.9 Å². The van der Waals surface area contributed by atoms with Gasteiger partial charge in [-0.1, -0.05) is 0 Å². The summed E-state index contributed by atoms with van der Waals surface area (Å²) in [6.45, 7) is 3.31. The molecule has 0 radical (unpaired) electrons. The molecule has 3 heterocycles. The lowest BCUT2D eigenvalue weighted by molar-refractivity contribution is 0.0490. The molecule has 94 valence electrons. The Balaban J connectivity index is 1.68. The second-order valence-corrected chi connectivity index (χ2v) is 4.64. The van der Waals surface area contributed by atoms with E-state index >= 15 is 0 Å². The number of aryl methyl sites for hydroxylation is 2. The molecule has 0 unspecified atom stereocenters. The van der Waals surface area contributed by atoms with E-state index in [4.69, 9.17) is 0 Å². The summed E-state index contributed by atoms with van der Waals surface area (Å²) in [5, 5.41) is 8.38. The van der Waals surface area contributed by atoms with Gasteiger partial charge in [0.25, 0.3) is 5.91 Å². The molecular weight excluding hydrogens is 230 g/mol. The second-order valence-electron chi connectivity index (χ2n) is 4.64. The smallest absolute Gasteiger partial charge is 0.272 e. The lowest BCUT2D eigenvalue weighted by Gasteiger charge is -2.39. The van der Waals surface area contributed by atoms with E-state index < -0.39 is 0 Å². The number of carbonyl (C=O) groups excluding carboxylic acids is 1. The summed E-state index contributed by atoms with van der Waals surface area (Å²) < 4.78 is 3.54. The average Bonchev–Trinajstić information content (AvgIpc) is 2.86. The molecule has 18 heavy (non-hydrogen) atoms. The second kappa shape index (κ2) is 3.97. The molecule has 1 aliphatic heterocycles. The van der Waals surface area contributed by atoms with Gasteiger partial charge in [0.15, 0.2) is 0 Å². The molecule has 0 N–H and O–H groups in total. The number of amides is 1. The molecule has 0 aliphatic carbocycles. The predicted molar refractivity (Wildman–Crippen MR) is 65.1 cm³/mol. The van der Waals surface area contributed by atoms with Crippen molar-refractivity contribution in [2.75, 3.05) is 13.1 Å². The monoisotopic (exact) mass is 245 g/mol. The Hall–Kier alpha value is -2.11. The fraction of sp³-hybridized carbons (Fsp3) is 0.417. The van der Waals surface area contributed by atoms with Gasteiger partial charge < -0.3 is 4.90 Å². The van der Waals surface area contributed by atoms with Crippen LogP contribution in [0.15, 0.2) is 24.5 Å². The maximum atomic E-state index is 12.2. The molecule has 1 saturated heterocycles. The normalized spacial score (nSPS) is 15.8. The van der Waals surface area contributed by atoms with Crippen molar-refractivity contribution in [2.24, 2.45) is 7.05 Å². The van der Waals surface area contributed by atoms with Crippen molar-refractivity contribution in [3.63, 3.8) is 0 Å². The Kier molecular flexibility index (Phi) is 2.43. The van der Waals surface area contributed by atoms with Crippen LogP contribution in [0.3, 0.4) is 0 Å². The van der Waals surface area contributed by atoms with Crippen molar-refractivity contribution in [2.45, 2.75) is 13.0 Å².